The Labute approximate surface area is 166 Å². The van der Waals surface area contributed by atoms with Gasteiger partial charge >= 0.3 is 0 Å². The van der Waals surface area contributed by atoms with Crippen LogP contribution in [-0.2, 0) is 16.1 Å². The summed E-state index contributed by atoms with van der Waals surface area (Å²) in [6.07, 6.45) is 2.17. The van der Waals surface area contributed by atoms with Gasteiger partial charge in [-0.1, -0.05) is 13.8 Å². The highest BCUT2D eigenvalue weighted by atomic mass is 19.1. The van der Waals surface area contributed by atoms with Gasteiger partial charge in [-0.3, -0.25) is 9.59 Å². The van der Waals surface area contributed by atoms with Crippen LogP contribution in [0.3, 0.4) is 0 Å². The van der Waals surface area contributed by atoms with Crippen LogP contribution in [0.1, 0.15) is 54.7 Å². The third kappa shape index (κ3) is 5.17. The van der Waals surface area contributed by atoms with Gasteiger partial charge in [0.05, 0.1) is 0 Å². The maximum atomic E-state index is 13.7. The molecule has 0 unspecified atom stereocenters. The Morgan fingerprint density at radius 2 is 2.10 bits per heavy atom. The minimum Gasteiger partial charge on any atom is -0.446 e. The predicted molar refractivity (Wildman–Crippen MR) is 98.7 cm³/mol. The van der Waals surface area contributed by atoms with Crippen LogP contribution < -0.4 is 10.6 Å². The number of carbonyl (C=O) groups excluding carboxylic acids is 2. The molecule has 1 saturated heterocycles. The van der Waals surface area contributed by atoms with Crippen molar-refractivity contribution in [3.8, 4) is 0 Å². The number of amides is 2. The number of carbonyl (C=O) groups is 2. The number of nitrogens with one attached hydrogen (secondary N) is 2. The van der Waals surface area contributed by atoms with E-state index in [0.29, 0.717) is 13.0 Å². The average Bonchev–Trinajstić information content (AvgIpc) is 3.38. The molecule has 2 atom stereocenters. The minimum absolute atomic E-state index is 0.0194. The van der Waals surface area contributed by atoms with E-state index >= 15 is 0 Å². The predicted octanol–water partition coefficient (Wildman–Crippen LogP) is 2.88. The lowest BCUT2D eigenvalue weighted by atomic mass is 10.0. The average molecular weight is 407 g/mol. The van der Waals surface area contributed by atoms with Gasteiger partial charge in [-0.2, -0.15) is 0 Å². The molecular formula is C20H23F2N3O4. The second kappa shape index (κ2) is 9.13. The number of ether oxygens (including phenoxy) is 1. The third-order valence-electron chi connectivity index (χ3n) is 4.65. The molecule has 0 radical (unpaired) electrons. The normalized spacial score (nSPS) is 17.3. The van der Waals surface area contributed by atoms with Crippen LogP contribution in [0.25, 0.3) is 0 Å². The summed E-state index contributed by atoms with van der Waals surface area (Å²) in [5.41, 5.74) is -0.000205. The van der Waals surface area contributed by atoms with E-state index in [0.717, 1.165) is 24.6 Å². The van der Waals surface area contributed by atoms with Crippen LogP contribution in [0.15, 0.2) is 28.9 Å². The van der Waals surface area contributed by atoms with Crippen LogP contribution in [-0.4, -0.2) is 29.5 Å². The molecule has 29 heavy (non-hydrogen) atoms. The summed E-state index contributed by atoms with van der Waals surface area (Å²) in [5.74, 6) is -1.92. The molecule has 2 N–H and O–H groups in total. The zero-order valence-corrected chi connectivity index (χ0v) is 16.2. The van der Waals surface area contributed by atoms with E-state index in [1.165, 1.54) is 6.26 Å². The third-order valence-corrected chi connectivity index (χ3v) is 4.65. The first kappa shape index (κ1) is 20.9. The standard InChI is InChI=1S/C20H23F2N3O4/c1-11(2)17(25-19(27)16-4-3-7-28-16)20-24-15(10-29-20)18(26)23-9-12-8-13(21)5-6-14(12)22/h5-6,8,10-11,16-17H,3-4,7,9H2,1-2H3,(H,23,26)(H,25,27)/t16-,17+/m1/s1. The summed E-state index contributed by atoms with van der Waals surface area (Å²) in [5, 5.41) is 5.33. The van der Waals surface area contributed by atoms with E-state index in [4.69, 9.17) is 9.15 Å². The smallest absolute Gasteiger partial charge is 0.273 e. The molecule has 156 valence electrons. The second-order valence-electron chi connectivity index (χ2n) is 7.22. The zero-order valence-electron chi connectivity index (χ0n) is 16.2. The quantitative estimate of drug-likeness (QED) is 0.736. The van der Waals surface area contributed by atoms with E-state index in [2.05, 4.69) is 15.6 Å². The molecule has 2 amide bonds. The maximum absolute atomic E-state index is 13.7. The second-order valence-corrected chi connectivity index (χ2v) is 7.22. The molecule has 1 fully saturated rings. The van der Waals surface area contributed by atoms with Crippen molar-refractivity contribution in [3.63, 3.8) is 0 Å². The lowest BCUT2D eigenvalue weighted by Gasteiger charge is -2.21. The number of hydrogen-bond acceptors (Lipinski definition) is 5. The highest BCUT2D eigenvalue weighted by Gasteiger charge is 2.30. The van der Waals surface area contributed by atoms with Crippen LogP contribution in [0.4, 0.5) is 8.78 Å². The van der Waals surface area contributed by atoms with Gasteiger partial charge in [0.1, 0.15) is 30.0 Å². The molecule has 1 aliphatic rings. The Hall–Kier alpha value is -2.81. The van der Waals surface area contributed by atoms with E-state index in [9.17, 15) is 18.4 Å². The Morgan fingerprint density at radius 1 is 1.31 bits per heavy atom. The number of oxazole rings is 1. The van der Waals surface area contributed by atoms with Crippen molar-refractivity contribution in [2.45, 2.75) is 45.4 Å². The minimum atomic E-state index is -0.621. The first-order valence-electron chi connectivity index (χ1n) is 9.44. The Kier molecular flexibility index (Phi) is 6.58. The van der Waals surface area contributed by atoms with Crippen molar-refractivity contribution < 1.29 is 27.5 Å². The Bertz CT molecular complexity index is 878. The number of aromatic nitrogens is 1. The lowest BCUT2D eigenvalue weighted by Crippen LogP contribution is -2.39. The number of nitrogens with zero attached hydrogens (tertiary/aromatic N) is 1. The van der Waals surface area contributed by atoms with Crippen LogP contribution in [0, 0.1) is 17.6 Å². The number of rotatable bonds is 7. The van der Waals surface area contributed by atoms with E-state index in [1.807, 2.05) is 13.8 Å². The molecule has 3 rings (SSSR count). The first-order chi connectivity index (χ1) is 13.8. The molecule has 1 aliphatic heterocycles. The van der Waals surface area contributed by atoms with Crippen LogP contribution in [0.2, 0.25) is 0 Å². The largest absolute Gasteiger partial charge is 0.446 e. The van der Waals surface area contributed by atoms with Gasteiger partial charge in [0.25, 0.3) is 5.91 Å². The van der Waals surface area contributed by atoms with Gasteiger partial charge < -0.3 is 19.8 Å². The molecule has 2 heterocycles. The Morgan fingerprint density at radius 3 is 2.79 bits per heavy atom. The number of halogens is 2. The number of hydrogen-bond donors (Lipinski definition) is 2. The fourth-order valence-electron chi connectivity index (χ4n) is 3.02. The summed E-state index contributed by atoms with van der Waals surface area (Å²) in [7, 11) is 0. The van der Waals surface area contributed by atoms with E-state index < -0.39 is 29.7 Å². The van der Waals surface area contributed by atoms with Crippen molar-refractivity contribution in [2.75, 3.05) is 6.61 Å². The maximum Gasteiger partial charge on any atom is 0.273 e. The first-order valence-corrected chi connectivity index (χ1v) is 9.44. The van der Waals surface area contributed by atoms with Crippen molar-refractivity contribution in [1.29, 1.82) is 0 Å². The molecule has 0 spiro atoms. The van der Waals surface area contributed by atoms with Gasteiger partial charge in [0, 0.05) is 18.7 Å². The summed E-state index contributed by atoms with van der Waals surface area (Å²) >= 11 is 0. The molecule has 1 aromatic heterocycles. The van der Waals surface area contributed by atoms with Gasteiger partial charge in [-0.25, -0.2) is 13.8 Å². The van der Waals surface area contributed by atoms with Crippen LogP contribution >= 0.6 is 0 Å². The van der Waals surface area contributed by atoms with Gasteiger partial charge in [0.15, 0.2) is 5.69 Å². The van der Waals surface area contributed by atoms with Gasteiger partial charge in [0.2, 0.25) is 11.8 Å². The van der Waals surface area contributed by atoms with Crippen LogP contribution in [0.5, 0.6) is 0 Å². The fourth-order valence-corrected chi connectivity index (χ4v) is 3.02. The highest BCUT2D eigenvalue weighted by Crippen LogP contribution is 2.23. The van der Waals surface area contributed by atoms with Gasteiger partial charge in [-0.05, 0) is 37.0 Å². The molecule has 0 bridgehead atoms. The molecule has 2 aromatic rings. The summed E-state index contributed by atoms with van der Waals surface area (Å²) in [6, 6.07) is 2.48. The molecule has 0 aliphatic carbocycles. The van der Waals surface area contributed by atoms with Crippen molar-refractivity contribution in [3.05, 3.63) is 53.2 Å². The topological polar surface area (TPSA) is 93.5 Å². The van der Waals surface area contributed by atoms with E-state index in [1.54, 1.807) is 0 Å². The molecule has 9 heteroatoms. The van der Waals surface area contributed by atoms with Crippen molar-refractivity contribution in [1.82, 2.24) is 15.6 Å². The summed E-state index contributed by atoms with van der Waals surface area (Å²) < 4.78 is 37.7. The van der Waals surface area contributed by atoms with Gasteiger partial charge in [-0.15, -0.1) is 0 Å². The fraction of sp³-hybridized carbons (Fsp3) is 0.450. The lowest BCUT2D eigenvalue weighted by molar-refractivity contribution is -0.131. The van der Waals surface area contributed by atoms with E-state index in [-0.39, 0.29) is 35.5 Å². The van der Waals surface area contributed by atoms with Crippen molar-refractivity contribution in [2.24, 2.45) is 5.92 Å². The molecule has 1 aromatic carbocycles. The molecular weight excluding hydrogens is 384 g/mol. The zero-order chi connectivity index (χ0) is 21.0. The molecule has 0 saturated carbocycles. The molecule has 7 nitrogen and oxygen atoms in total. The summed E-state index contributed by atoms with van der Waals surface area (Å²) in [6.45, 7) is 4.13. The van der Waals surface area contributed by atoms with Crippen molar-refractivity contribution >= 4 is 11.8 Å². The number of benzene rings is 1. The Balaban J connectivity index is 1.64. The summed E-state index contributed by atoms with van der Waals surface area (Å²) in [4.78, 5) is 28.8. The highest BCUT2D eigenvalue weighted by molar-refractivity contribution is 5.91. The SMILES string of the molecule is CC(C)[C@H](NC(=O)[C@H]1CCCO1)c1nc(C(=O)NCc2cc(F)ccc2F)co1. The monoisotopic (exact) mass is 407 g/mol.